The van der Waals surface area contributed by atoms with E-state index in [1.54, 1.807) is 13.8 Å². The van der Waals surface area contributed by atoms with Crippen LogP contribution >= 0.6 is 0 Å². The summed E-state index contributed by atoms with van der Waals surface area (Å²) in [5, 5.41) is 9.59. The van der Waals surface area contributed by atoms with Crippen molar-refractivity contribution in [3.8, 4) is 0 Å². The minimum Gasteiger partial charge on any atom is -0.390 e. The number of hydrogen-bond donors (Lipinski definition) is 1. The molecule has 2 amide bonds. The van der Waals surface area contributed by atoms with Crippen molar-refractivity contribution in [2.24, 2.45) is 0 Å². The number of hydrogen-bond acceptors (Lipinski definition) is 2. The summed E-state index contributed by atoms with van der Waals surface area (Å²) >= 11 is 0. The van der Waals surface area contributed by atoms with Gasteiger partial charge in [0.1, 0.15) is 0 Å². The molecule has 4 nitrogen and oxygen atoms in total. The Kier molecular flexibility index (Phi) is 3.60. The average molecular weight is 214 g/mol. The summed E-state index contributed by atoms with van der Waals surface area (Å²) in [5.41, 5.74) is -0.689. The first kappa shape index (κ1) is 12.3. The van der Waals surface area contributed by atoms with Gasteiger partial charge >= 0.3 is 6.03 Å². The van der Waals surface area contributed by atoms with Crippen LogP contribution in [-0.2, 0) is 0 Å². The lowest BCUT2D eigenvalue weighted by molar-refractivity contribution is 0.0630. The maximum absolute atomic E-state index is 11.8. The van der Waals surface area contributed by atoms with Gasteiger partial charge in [-0.05, 0) is 34.1 Å². The third-order valence-corrected chi connectivity index (χ3v) is 2.74. The molecule has 0 saturated carbocycles. The Balaban J connectivity index is 2.43. The van der Waals surface area contributed by atoms with E-state index >= 15 is 0 Å². The fourth-order valence-electron chi connectivity index (χ4n) is 1.70. The zero-order valence-corrected chi connectivity index (χ0v) is 10.2. The van der Waals surface area contributed by atoms with Crippen LogP contribution in [0.4, 0.5) is 4.79 Å². The highest BCUT2D eigenvalue weighted by Gasteiger charge is 2.30. The van der Waals surface area contributed by atoms with E-state index in [0.717, 1.165) is 13.1 Å². The van der Waals surface area contributed by atoms with E-state index in [-0.39, 0.29) is 12.1 Å². The van der Waals surface area contributed by atoms with E-state index in [4.69, 9.17) is 0 Å². The van der Waals surface area contributed by atoms with Crippen LogP contribution in [0.1, 0.15) is 34.1 Å². The molecule has 0 aromatic rings. The molecule has 0 aromatic heterocycles. The minimum atomic E-state index is -0.689. The third kappa shape index (κ3) is 3.38. The molecule has 0 aromatic carbocycles. The number of rotatable bonds is 4. The molecule has 1 saturated heterocycles. The van der Waals surface area contributed by atoms with E-state index < -0.39 is 5.60 Å². The SMILES string of the molecule is CC(C)N1CCN(CCC(C)(C)O)C1=O. The summed E-state index contributed by atoms with van der Waals surface area (Å²) in [7, 11) is 0. The van der Waals surface area contributed by atoms with Gasteiger partial charge in [-0.15, -0.1) is 0 Å². The fraction of sp³-hybridized carbons (Fsp3) is 0.909. The number of nitrogens with zero attached hydrogens (tertiary/aromatic N) is 2. The minimum absolute atomic E-state index is 0.106. The Morgan fingerprint density at radius 1 is 1.40 bits per heavy atom. The summed E-state index contributed by atoms with van der Waals surface area (Å²) < 4.78 is 0. The van der Waals surface area contributed by atoms with Crippen molar-refractivity contribution in [2.75, 3.05) is 19.6 Å². The van der Waals surface area contributed by atoms with Crippen LogP contribution in [0.15, 0.2) is 0 Å². The Morgan fingerprint density at radius 2 is 2.00 bits per heavy atom. The topological polar surface area (TPSA) is 43.8 Å². The van der Waals surface area contributed by atoms with Crippen LogP contribution in [-0.4, -0.2) is 52.2 Å². The first-order chi connectivity index (χ1) is 6.81. The molecule has 15 heavy (non-hydrogen) atoms. The summed E-state index contributed by atoms with van der Waals surface area (Å²) in [6.45, 7) is 9.83. The van der Waals surface area contributed by atoms with Gasteiger partial charge in [0, 0.05) is 25.7 Å². The Labute approximate surface area is 91.9 Å². The van der Waals surface area contributed by atoms with E-state index in [9.17, 15) is 9.90 Å². The molecule has 0 radical (unpaired) electrons. The van der Waals surface area contributed by atoms with Crippen molar-refractivity contribution in [2.45, 2.75) is 45.8 Å². The van der Waals surface area contributed by atoms with Gasteiger partial charge in [-0.3, -0.25) is 0 Å². The van der Waals surface area contributed by atoms with Crippen molar-refractivity contribution < 1.29 is 9.90 Å². The predicted octanol–water partition coefficient (Wildman–Crippen LogP) is 1.29. The molecule has 1 aliphatic rings. The zero-order valence-electron chi connectivity index (χ0n) is 10.2. The van der Waals surface area contributed by atoms with Crippen LogP contribution in [0.5, 0.6) is 0 Å². The highest BCUT2D eigenvalue weighted by molar-refractivity contribution is 5.76. The molecular formula is C11H22N2O2. The second-order valence-corrected chi connectivity index (χ2v) is 5.12. The second-order valence-electron chi connectivity index (χ2n) is 5.12. The smallest absolute Gasteiger partial charge is 0.320 e. The van der Waals surface area contributed by atoms with Crippen LogP contribution in [0.25, 0.3) is 0 Å². The molecular weight excluding hydrogens is 192 g/mol. The average Bonchev–Trinajstić information content (AvgIpc) is 2.42. The van der Waals surface area contributed by atoms with E-state index in [2.05, 4.69) is 0 Å². The summed E-state index contributed by atoms with van der Waals surface area (Å²) in [6, 6.07) is 0.374. The number of carbonyl (C=O) groups excluding carboxylic acids is 1. The Morgan fingerprint density at radius 3 is 2.40 bits per heavy atom. The van der Waals surface area contributed by atoms with Crippen molar-refractivity contribution in [3.05, 3.63) is 0 Å². The maximum Gasteiger partial charge on any atom is 0.320 e. The van der Waals surface area contributed by atoms with Crippen molar-refractivity contribution >= 4 is 6.03 Å². The third-order valence-electron chi connectivity index (χ3n) is 2.74. The maximum atomic E-state index is 11.8. The molecule has 0 atom stereocenters. The zero-order chi connectivity index (χ0) is 11.6. The predicted molar refractivity (Wildman–Crippen MR) is 59.7 cm³/mol. The first-order valence-corrected chi connectivity index (χ1v) is 5.59. The molecule has 1 fully saturated rings. The Bertz CT molecular complexity index is 233. The molecule has 1 rings (SSSR count). The first-order valence-electron chi connectivity index (χ1n) is 5.59. The van der Waals surface area contributed by atoms with Gasteiger partial charge < -0.3 is 14.9 Å². The normalized spacial score (nSPS) is 18.1. The van der Waals surface area contributed by atoms with Crippen molar-refractivity contribution in [3.63, 3.8) is 0 Å². The van der Waals surface area contributed by atoms with Gasteiger partial charge in [-0.25, -0.2) is 4.79 Å². The summed E-state index contributed by atoms with van der Waals surface area (Å²) in [6.07, 6.45) is 0.630. The van der Waals surface area contributed by atoms with E-state index in [0.29, 0.717) is 13.0 Å². The molecule has 0 aliphatic carbocycles. The largest absolute Gasteiger partial charge is 0.390 e. The molecule has 1 N–H and O–H groups in total. The van der Waals surface area contributed by atoms with Crippen LogP contribution < -0.4 is 0 Å². The summed E-state index contributed by atoms with van der Waals surface area (Å²) in [4.78, 5) is 15.5. The lowest BCUT2D eigenvalue weighted by Crippen LogP contribution is -2.38. The van der Waals surface area contributed by atoms with Crippen molar-refractivity contribution in [1.82, 2.24) is 9.80 Å². The number of amides is 2. The van der Waals surface area contributed by atoms with Crippen molar-refractivity contribution in [1.29, 1.82) is 0 Å². The van der Waals surface area contributed by atoms with Gasteiger partial charge in [0.15, 0.2) is 0 Å². The van der Waals surface area contributed by atoms with Crippen LogP contribution in [0.2, 0.25) is 0 Å². The monoisotopic (exact) mass is 214 g/mol. The fourth-order valence-corrected chi connectivity index (χ4v) is 1.70. The molecule has 0 bridgehead atoms. The van der Waals surface area contributed by atoms with Gasteiger partial charge in [0.25, 0.3) is 0 Å². The van der Waals surface area contributed by atoms with Gasteiger partial charge in [-0.2, -0.15) is 0 Å². The molecule has 0 unspecified atom stereocenters. The summed E-state index contributed by atoms with van der Waals surface area (Å²) in [5.74, 6) is 0. The number of aliphatic hydroxyl groups is 1. The highest BCUT2D eigenvalue weighted by atomic mass is 16.3. The lowest BCUT2D eigenvalue weighted by Gasteiger charge is -2.24. The molecule has 0 spiro atoms. The standard InChI is InChI=1S/C11H22N2O2/c1-9(2)13-8-7-12(10(13)14)6-5-11(3,4)15/h9,15H,5-8H2,1-4H3. The molecule has 4 heteroatoms. The van der Waals surface area contributed by atoms with Gasteiger partial charge in [0.2, 0.25) is 0 Å². The molecule has 88 valence electrons. The highest BCUT2D eigenvalue weighted by Crippen LogP contribution is 2.15. The van der Waals surface area contributed by atoms with Gasteiger partial charge in [0.05, 0.1) is 5.60 Å². The number of urea groups is 1. The van der Waals surface area contributed by atoms with E-state index in [1.165, 1.54) is 0 Å². The van der Waals surface area contributed by atoms with Gasteiger partial charge in [-0.1, -0.05) is 0 Å². The van der Waals surface area contributed by atoms with Crippen LogP contribution in [0.3, 0.4) is 0 Å². The van der Waals surface area contributed by atoms with Crippen LogP contribution in [0, 0.1) is 0 Å². The lowest BCUT2D eigenvalue weighted by atomic mass is 10.1. The quantitative estimate of drug-likeness (QED) is 0.766. The Hall–Kier alpha value is -0.770. The second kappa shape index (κ2) is 4.39. The van der Waals surface area contributed by atoms with E-state index in [1.807, 2.05) is 23.6 Å². The molecule has 1 aliphatic heterocycles. The molecule has 1 heterocycles. The number of carbonyl (C=O) groups is 1.